The first-order valence-corrected chi connectivity index (χ1v) is 6.05. The summed E-state index contributed by atoms with van der Waals surface area (Å²) in [7, 11) is 0. The topological polar surface area (TPSA) is 76.1 Å². The largest absolute Gasteiger partial charge is 0.315 e. The van der Waals surface area contributed by atoms with Crippen LogP contribution in [-0.2, 0) is 11.3 Å². The second-order valence-electron chi connectivity index (χ2n) is 4.37. The highest BCUT2D eigenvalue weighted by Crippen LogP contribution is 2.22. The first-order valence-electron chi connectivity index (χ1n) is 6.05. The van der Waals surface area contributed by atoms with E-state index in [1.165, 1.54) is 12.1 Å². The van der Waals surface area contributed by atoms with Crippen LogP contribution in [0.25, 0.3) is 0 Å². The van der Waals surface area contributed by atoms with E-state index in [1.807, 2.05) is 19.1 Å². The van der Waals surface area contributed by atoms with Crippen LogP contribution in [0.5, 0.6) is 0 Å². The van der Waals surface area contributed by atoms with Crippen LogP contribution >= 0.6 is 0 Å². The number of nitrogens with zero attached hydrogens (tertiary/aromatic N) is 2. The zero-order chi connectivity index (χ0) is 14.5. The fourth-order valence-corrected chi connectivity index (χ4v) is 1.73. The number of pyridine rings is 1. The third-order valence-electron chi connectivity index (χ3n) is 2.76. The van der Waals surface area contributed by atoms with Crippen molar-refractivity contribution in [2.75, 3.05) is 5.32 Å². The Morgan fingerprint density at radius 1 is 1.25 bits per heavy atom. The summed E-state index contributed by atoms with van der Waals surface area (Å²) in [5.41, 5.74) is 1.19. The summed E-state index contributed by atoms with van der Waals surface area (Å²) in [6.07, 6.45) is 3.57. The molecule has 1 aromatic heterocycles. The molecule has 0 atom stereocenters. The van der Waals surface area contributed by atoms with Crippen molar-refractivity contribution in [1.29, 1.82) is 0 Å². The van der Waals surface area contributed by atoms with Gasteiger partial charge < -0.3 is 5.32 Å². The Kier molecular flexibility index (Phi) is 4.05. The summed E-state index contributed by atoms with van der Waals surface area (Å²) in [5, 5.41) is 13.4. The first kappa shape index (κ1) is 13.7. The smallest absolute Gasteiger partial charge is 0.292 e. The summed E-state index contributed by atoms with van der Waals surface area (Å²) in [4.78, 5) is 22.2. The van der Waals surface area contributed by atoms with Crippen LogP contribution in [0, 0.1) is 17.0 Å². The lowest BCUT2D eigenvalue weighted by Gasteiger charge is -2.03. The second-order valence-corrected chi connectivity index (χ2v) is 4.37. The third kappa shape index (κ3) is 3.38. The van der Waals surface area contributed by atoms with E-state index >= 15 is 0 Å². The number of amides is 1. The number of anilines is 1. The van der Waals surface area contributed by atoms with Crippen molar-refractivity contribution in [2.24, 2.45) is 0 Å². The number of nitro benzene ring substituents is 1. The molecular weight excluding hydrogens is 258 g/mol. The molecule has 6 nitrogen and oxygen atoms in total. The van der Waals surface area contributed by atoms with Crippen molar-refractivity contribution in [3.05, 3.63) is 64.5 Å². The van der Waals surface area contributed by atoms with E-state index in [0.29, 0.717) is 0 Å². The number of nitrogens with one attached hydrogen (secondary N) is 1. The number of para-hydroxylation sites is 2. The molecule has 0 unspecified atom stereocenters. The van der Waals surface area contributed by atoms with E-state index in [0.717, 1.165) is 5.56 Å². The van der Waals surface area contributed by atoms with Gasteiger partial charge in [-0.25, -0.2) is 0 Å². The fourth-order valence-electron chi connectivity index (χ4n) is 1.73. The van der Waals surface area contributed by atoms with Gasteiger partial charge >= 0.3 is 0 Å². The Labute approximate surface area is 115 Å². The molecule has 2 rings (SSSR count). The van der Waals surface area contributed by atoms with Crippen LogP contribution in [0.2, 0.25) is 0 Å². The maximum absolute atomic E-state index is 11.9. The van der Waals surface area contributed by atoms with E-state index in [9.17, 15) is 14.9 Å². The molecule has 2 aromatic rings. The van der Waals surface area contributed by atoms with E-state index in [-0.39, 0.29) is 23.8 Å². The van der Waals surface area contributed by atoms with Crippen molar-refractivity contribution < 1.29 is 14.3 Å². The van der Waals surface area contributed by atoms with Gasteiger partial charge in [0.2, 0.25) is 6.54 Å². The van der Waals surface area contributed by atoms with Crippen LogP contribution in [-0.4, -0.2) is 10.8 Å². The molecule has 0 aliphatic heterocycles. The van der Waals surface area contributed by atoms with Crippen molar-refractivity contribution in [3.63, 3.8) is 0 Å². The predicted octanol–water partition coefficient (Wildman–Crippen LogP) is 1.83. The average Bonchev–Trinajstić information content (AvgIpc) is 2.41. The van der Waals surface area contributed by atoms with Crippen LogP contribution < -0.4 is 9.88 Å². The molecule has 0 fully saturated rings. The Morgan fingerprint density at radius 2 is 1.90 bits per heavy atom. The Morgan fingerprint density at radius 3 is 2.55 bits per heavy atom. The van der Waals surface area contributed by atoms with Gasteiger partial charge in [0.25, 0.3) is 11.6 Å². The van der Waals surface area contributed by atoms with Crippen LogP contribution in [0.1, 0.15) is 5.56 Å². The zero-order valence-corrected chi connectivity index (χ0v) is 10.9. The lowest BCUT2D eigenvalue weighted by molar-refractivity contribution is -0.684. The summed E-state index contributed by atoms with van der Waals surface area (Å²) in [6, 6.07) is 9.84. The number of rotatable bonds is 4. The fraction of sp³-hybridized carbons (Fsp3) is 0.143. The quantitative estimate of drug-likeness (QED) is 0.524. The third-order valence-corrected chi connectivity index (χ3v) is 2.76. The molecule has 1 heterocycles. The number of hydrogen-bond donors (Lipinski definition) is 1. The summed E-state index contributed by atoms with van der Waals surface area (Å²) < 4.78 is 1.71. The molecule has 102 valence electrons. The van der Waals surface area contributed by atoms with Gasteiger partial charge in [-0.3, -0.25) is 14.9 Å². The van der Waals surface area contributed by atoms with Crippen molar-refractivity contribution in [3.8, 4) is 0 Å². The van der Waals surface area contributed by atoms with Crippen molar-refractivity contribution >= 4 is 17.3 Å². The van der Waals surface area contributed by atoms with E-state index in [4.69, 9.17) is 0 Å². The number of benzene rings is 1. The molecule has 0 saturated carbocycles. The molecule has 1 amide bonds. The molecule has 1 aromatic carbocycles. The molecule has 0 radical (unpaired) electrons. The van der Waals surface area contributed by atoms with Gasteiger partial charge in [0, 0.05) is 18.2 Å². The minimum atomic E-state index is -0.519. The maximum atomic E-state index is 11.9. The highest BCUT2D eigenvalue weighted by atomic mass is 16.6. The highest BCUT2D eigenvalue weighted by Gasteiger charge is 2.16. The highest BCUT2D eigenvalue weighted by molar-refractivity contribution is 5.92. The molecule has 6 heteroatoms. The predicted molar refractivity (Wildman–Crippen MR) is 73.1 cm³/mol. The number of carbonyl (C=O) groups is 1. The molecule has 0 spiro atoms. The van der Waals surface area contributed by atoms with Gasteiger partial charge in [-0.1, -0.05) is 12.1 Å². The Hall–Kier alpha value is -2.76. The maximum Gasteiger partial charge on any atom is 0.292 e. The van der Waals surface area contributed by atoms with Crippen molar-refractivity contribution in [2.45, 2.75) is 13.5 Å². The van der Waals surface area contributed by atoms with Gasteiger partial charge in [0.1, 0.15) is 5.69 Å². The van der Waals surface area contributed by atoms with Gasteiger partial charge in [-0.05, 0) is 18.6 Å². The molecule has 20 heavy (non-hydrogen) atoms. The Balaban J connectivity index is 2.08. The molecule has 0 aliphatic carbocycles. The van der Waals surface area contributed by atoms with Crippen LogP contribution in [0.3, 0.4) is 0 Å². The number of carbonyl (C=O) groups excluding carboxylic acids is 1. The van der Waals surface area contributed by atoms with E-state index in [1.54, 1.807) is 29.1 Å². The first-order chi connectivity index (χ1) is 9.56. The molecule has 0 bridgehead atoms. The van der Waals surface area contributed by atoms with Gasteiger partial charge in [-0.15, -0.1) is 0 Å². The van der Waals surface area contributed by atoms with Crippen molar-refractivity contribution in [1.82, 2.24) is 0 Å². The molecule has 1 N–H and O–H groups in total. The number of aryl methyl sites for hydroxylation is 1. The molecule has 0 saturated heterocycles. The standard InChI is InChI=1S/C14H13N3O3/c1-11-6-8-16(9-7-11)10-14(18)15-12-4-2-3-5-13(12)17(19)20/h2-9H,10H2,1H3/p+1. The summed E-state index contributed by atoms with van der Waals surface area (Å²) in [6.45, 7) is 2.06. The van der Waals surface area contributed by atoms with Gasteiger partial charge in [0.05, 0.1) is 4.92 Å². The average molecular weight is 272 g/mol. The molecule has 0 aliphatic rings. The monoisotopic (exact) mass is 272 g/mol. The minimum Gasteiger partial charge on any atom is -0.315 e. The zero-order valence-electron chi connectivity index (χ0n) is 10.9. The minimum absolute atomic E-state index is 0.104. The van der Waals surface area contributed by atoms with E-state index < -0.39 is 4.92 Å². The molecular formula is C14H14N3O3+. The number of nitro groups is 1. The van der Waals surface area contributed by atoms with Gasteiger partial charge in [-0.2, -0.15) is 4.57 Å². The number of aromatic nitrogens is 1. The van der Waals surface area contributed by atoms with Gasteiger partial charge in [0.15, 0.2) is 12.4 Å². The summed E-state index contributed by atoms with van der Waals surface area (Å²) in [5.74, 6) is -0.312. The lowest BCUT2D eigenvalue weighted by Crippen LogP contribution is -2.39. The normalized spacial score (nSPS) is 10.1. The van der Waals surface area contributed by atoms with Crippen LogP contribution in [0.4, 0.5) is 11.4 Å². The summed E-state index contributed by atoms with van der Waals surface area (Å²) >= 11 is 0. The Bertz CT molecular complexity index is 638. The van der Waals surface area contributed by atoms with E-state index in [2.05, 4.69) is 5.32 Å². The lowest BCUT2D eigenvalue weighted by atomic mass is 10.2. The second kappa shape index (κ2) is 5.92. The SMILES string of the molecule is Cc1cc[n+](CC(=O)Nc2ccccc2[N+](=O)[O-])cc1. The number of hydrogen-bond acceptors (Lipinski definition) is 3. The van der Waals surface area contributed by atoms with Crippen LogP contribution in [0.15, 0.2) is 48.8 Å².